The third-order valence-corrected chi connectivity index (χ3v) is 4.45. The van der Waals surface area contributed by atoms with E-state index in [1.165, 1.54) is 17.7 Å². The SMILES string of the molecule is CC1(C)CN(CC2CCNc3ccccc32)CC(C)(C)O1. The smallest absolute Gasteiger partial charge is 0.0760 e. The van der Waals surface area contributed by atoms with Gasteiger partial charge >= 0.3 is 0 Å². The zero-order valence-electron chi connectivity index (χ0n) is 13.8. The predicted molar refractivity (Wildman–Crippen MR) is 88.0 cm³/mol. The molecule has 0 aliphatic carbocycles. The quantitative estimate of drug-likeness (QED) is 0.902. The summed E-state index contributed by atoms with van der Waals surface area (Å²) in [6.07, 6.45) is 1.22. The summed E-state index contributed by atoms with van der Waals surface area (Å²) in [4.78, 5) is 2.59. The minimum absolute atomic E-state index is 0.0613. The number of hydrogen-bond donors (Lipinski definition) is 1. The fourth-order valence-corrected chi connectivity index (χ4v) is 4.13. The van der Waals surface area contributed by atoms with E-state index in [2.05, 4.69) is 62.2 Å². The summed E-state index contributed by atoms with van der Waals surface area (Å²) in [5, 5.41) is 3.52. The van der Waals surface area contributed by atoms with Crippen LogP contribution in [-0.4, -0.2) is 42.3 Å². The standard InChI is InChI=1S/C18H28N2O/c1-17(2)12-20(13-18(3,4)21-17)11-14-9-10-19-16-8-6-5-7-15(14)16/h5-8,14,19H,9-13H2,1-4H3. The van der Waals surface area contributed by atoms with Crippen LogP contribution in [0.1, 0.15) is 45.6 Å². The van der Waals surface area contributed by atoms with Gasteiger partial charge in [-0.25, -0.2) is 0 Å². The van der Waals surface area contributed by atoms with Gasteiger partial charge in [0.05, 0.1) is 11.2 Å². The van der Waals surface area contributed by atoms with Gasteiger partial charge in [-0.15, -0.1) is 0 Å². The fourth-order valence-electron chi connectivity index (χ4n) is 4.13. The summed E-state index contributed by atoms with van der Waals surface area (Å²) in [6, 6.07) is 8.76. The summed E-state index contributed by atoms with van der Waals surface area (Å²) >= 11 is 0. The van der Waals surface area contributed by atoms with Crippen LogP contribution < -0.4 is 5.32 Å². The van der Waals surface area contributed by atoms with E-state index in [-0.39, 0.29) is 11.2 Å². The molecule has 0 saturated carbocycles. The van der Waals surface area contributed by atoms with Crippen LogP contribution in [-0.2, 0) is 4.74 Å². The molecule has 116 valence electrons. The van der Waals surface area contributed by atoms with E-state index in [4.69, 9.17) is 4.74 Å². The van der Waals surface area contributed by atoms with E-state index in [1.54, 1.807) is 0 Å². The molecule has 3 heteroatoms. The molecule has 1 aromatic carbocycles. The van der Waals surface area contributed by atoms with Gasteiger partial charge in [-0.2, -0.15) is 0 Å². The lowest BCUT2D eigenvalue weighted by atomic mass is 9.89. The maximum absolute atomic E-state index is 6.20. The van der Waals surface area contributed by atoms with Crippen molar-refractivity contribution in [2.24, 2.45) is 0 Å². The van der Waals surface area contributed by atoms with Crippen molar-refractivity contribution in [2.75, 3.05) is 31.5 Å². The number of anilines is 1. The van der Waals surface area contributed by atoms with Gasteiger partial charge in [0.15, 0.2) is 0 Å². The molecule has 1 unspecified atom stereocenters. The Balaban J connectivity index is 1.75. The molecule has 2 aliphatic rings. The number of fused-ring (bicyclic) bond motifs is 1. The third-order valence-electron chi connectivity index (χ3n) is 4.45. The molecule has 3 nitrogen and oxygen atoms in total. The van der Waals surface area contributed by atoms with Gasteiger partial charge in [-0.05, 0) is 45.7 Å². The van der Waals surface area contributed by atoms with Crippen LogP contribution in [0.15, 0.2) is 24.3 Å². The Morgan fingerprint density at radius 2 is 1.81 bits per heavy atom. The Bertz CT molecular complexity index is 494. The van der Waals surface area contributed by atoms with E-state index < -0.39 is 0 Å². The summed E-state index contributed by atoms with van der Waals surface area (Å²) in [6.45, 7) is 13.1. The molecule has 2 aliphatic heterocycles. The van der Waals surface area contributed by atoms with Gasteiger partial charge < -0.3 is 10.1 Å². The van der Waals surface area contributed by atoms with Gasteiger partial charge in [0.2, 0.25) is 0 Å². The second-order valence-electron chi connectivity index (χ2n) is 7.79. The second-order valence-corrected chi connectivity index (χ2v) is 7.79. The number of rotatable bonds is 2. The summed E-state index contributed by atoms with van der Waals surface area (Å²) in [7, 11) is 0. The number of benzene rings is 1. The second kappa shape index (κ2) is 5.29. The molecule has 0 bridgehead atoms. The summed E-state index contributed by atoms with van der Waals surface area (Å²) < 4.78 is 6.20. The van der Waals surface area contributed by atoms with Crippen molar-refractivity contribution >= 4 is 5.69 Å². The van der Waals surface area contributed by atoms with Gasteiger partial charge in [0.1, 0.15) is 0 Å². The van der Waals surface area contributed by atoms with E-state index >= 15 is 0 Å². The number of nitrogens with zero attached hydrogens (tertiary/aromatic N) is 1. The highest BCUT2D eigenvalue weighted by molar-refractivity contribution is 5.54. The van der Waals surface area contributed by atoms with Gasteiger partial charge in [-0.1, -0.05) is 18.2 Å². The van der Waals surface area contributed by atoms with Crippen molar-refractivity contribution in [1.29, 1.82) is 0 Å². The normalized spacial score (nSPS) is 27.7. The van der Waals surface area contributed by atoms with Crippen LogP contribution in [0.5, 0.6) is 0 Å². The molecule has 0 spiro atoms. The molecular weight excluding hydrogens is 260 g/mol. The van der Waals surface area contributed by atoms with Crippen molar-refractivity contribution < 1.29 is 4.74 Å². The van der Waals surface area contributed by atoms with Crippen LogP contribution in [0.4, 0.5) is 5.69 Å². The molecule has 21 heavy (non-hydrogen) atoms. The van der Waals surface area contributed by atoms with Crippen molar-refractivity contribution in [3.8, 4) is 0 Å². The Hall–Kier alpha value is -1.06. The Morgan fingerprint density at radius 3 is 2.52 bits per heavy atom. The number of para-hydroxylation sites is 1. The van der Waals surface area contributed by atoms with E-state index in [0.29, 0.717) is 5.92 Å². The zero-order valence-corrected chi connectivity index (χ0v) is 13.8. The molecule has 1 fully saturated rings. The first kappa shape index (κ1) is 14.9. The largest absolute Gasteiger partial charge is 0.385 e. The van der Waals surface area contributed by atoms with Crippen LogP contribution in [0.25, 0.3) is 0 Å². The number of ether oxygens (including phenoxy) is 1. The highest BCUT2D eigenvalue weighted by Crippen LogP contribution is 2.34. The fraction of sp³-hybridized carbons (Fsp3) is 0.667. The van der Waals surface area contributed by atoms with E-state index in [1.807, 2.05) is 0 Å². The number of nitrogens with one attached hydrogen (secondary N) is 1. The Kier molecular flexibility index (Phi) is 3.74. The highest BCUT2D eigenvalue weighted by atomic mass is 16.5. The van der Waals surface area contributed by atoms with Gasteiger partial charge in [0, 0.05) is 37.8 Å². The molecule has 0 aromatic heterocycles. The van der Waals surface area contributed by atoms with Gasteiger partial charge in [0.25, 0.3) is 0 Å². The minimum atomic E-state index is -0.0613. The van der Waals surface area contributed by atoms with Crippen LogP contribution in [0, 0.1) is 0 Å². The number of morpholine rings is 1. The first-order chi connectivity index (χ1) is 9.85. The van der Waals surface area contributed by atoms with E-state index in [0.717, 1.165) is 26.2 Å². The van der Waals surface area contributed by atoms with Crippen molar-refractivity contribution in [3.05, 3.63) is 29.8 Å². The zero-order chi connectivity index (χ0) is 15.1. The molecule has 1 N–H and O–H groups in total. The maximum Gasteiger partial charge on any atom is 0.0760 e. The first-order valence-electron chi connectivity index (χ1n) is 8.10. The summed E-state index contributed by atoms with van der Waals surface area (Å²) in [5.41, 5.74) is 2.67. The first-order valence-corrected chi connectivity index (χ1v) is 8.10. The third kappa shape index (κ3) is 3.41. The van der Waals surface area contributed by atoms with Crippen molar-refractivity contribution in [3.63, 3.8) is 0 Å². The van der Waals surface area contributed by atoms with Gasteiger partial charge in [-0.3, -0.25) is 4.90 Å². The molecular formula is C18H28N2O. The summed E-state index contributed by atoms with van der Waals surface area (Å²) in [5.74, 6) is 0.632. The monoisotopic (exact) mass is 288 g/mol. The predicted octanol–water partition coefficient (Wildman–Crippen LogP) is 3.48. The van der Waals surface area contributed by atoms with Crippen molar-refractivity contribution in [1.82, 2.24) is 4.90 Å². The molecule has 0 radical (unpaired) electrons. The molecule has 1 saturated heterocycles. The van der Waals surface area contributed by atoms with Crippen molar-refractivity contribution in [2.45, 2.75) is 51.2 Å². The lowest BCUT2D eigenvalue weighted by Crippen LogP contribution is -2.57. The average molecular weight is 288 g/mol. The van der Waals surface area contributed by atoms with Crippen LogP contribution in [0.2, 0.25) is 0 Å². The molecule has 0 amide bonds. The Labute approximate surface area is 128 Å². The molecule has 1 atom stereocenters. The molecule has 2 heterocycles. The van der Waals surface area contributed by atoms with E-state index in [9.17, 15) is 0 Å². The topological polar surface area (TPSA) is 24.5 Å². The minimum Gasteiger partial charge on any atom is -0.385 e. The average Bonchev–Trinajstić information content (AvgIpc) is 2.35. The maximum atomic E-state index is 6.20. The number of hydrogen-bond acceptors (Lipinski definition) is 3. The molecule has 1 aromatic rings. The highest BCUT2D eigenvalue weighted by Gasteiger charge is 2.39. The van der Waals surface area contributed by atoms with Crippen LogP contribution >= 0.6 is 0 Å². The molecule has 3 rings (SSSR count). The van der Waals surface area contributed by atoms with Crippen LogP contribution in [0.3, 0.4) is 0 Å². The lowest BCUT2D eigenvalue weighted by Gasteiger charge is -2.48. The lowest BCUT2D eigenvalue weighted by molar-refractivity contribution is -0.181. The Morgan fingerprint density at radius 1 is 1.14 bits per heavy atom.